The molecule has 0 amide bonds. The average molecular weight is 684 g/mol. The predicted molar refractivity (Wildman–Crippen MR) is 222 cm³/mol. The van der Waals surface area contributed by atoms with Crippen LogP contribution < -0.4 is 10.6 Å². The van der Waals surface area contributed by atoms with Gasteiger partial charge in [0.1, 0.15) is 12.0 Å². The van der Waals surface area contributed by atoms with E-state index in [0.29, 0.717) is 11.8 Å². The van der Waals surface area contributed by atoms with Crippen LogP contribution in [0.25, 0.3) is 16.7 Å². The first-order valence-corrected chi connectivity index (χ1v) is 19.2. The lowest BCUT2D eigenvalue weighted by atomic mass is 9.69. The summed E-state index contributed by atoms with van der Waals surface area (Å²) in [5, 5.41) is 7.49. The molecule has 4 aliphatic carbocycles. The second-order valence-corrected chi connectivity index (χ2v) is 15.2. The zero-order valence-corrected chi connectivity index (χ0v) is 31.9. The third kappa shape index (κ3) is 5.95. The number of nitrogens with zero attached hydrogens (tertiary/aromatic N) is 1. The van der Waals surface area contributed by atoms with E-state index in [4.69, 9.17) is 4.99 Å². The first-order valence-electron chi connectivity index (χ1n) is 19.2. The van der Waals surface area contributed by atoms with Crippen LogP contribution in [0.2, 0.25) is 0 Å². The highest BCUT2D eigenvalue weighted by atomic mass is 15.1. The Kier molecular flexibility index (Phi) is 9.92. The van der Waals surface area contributed by atoms with Crippen molar-refractivity contribution in [2.45, 2.75) is 65.0 Å². The van der Waals surface area contributed by atoms with E-state index in [1.165, 1.54) is 55.7 Å². The Labute approximate surface area is 311 Å². The summed E-state index contributed by atoms with van der Waals surface area (Å²) in [4.78, 5) is 5.25. The molecule has 3 nitrogen and oxygen atoms in total. The van der Waals surface area contributed by atoms with Gasteiger partial charge in [-0.25, -0.2) is 0 Å². The molecule has 3 heteroatoms. The molecule has 0 aromatic heterocycles. The maximum Gasteiger partial charge on any atom is 0.129 e. The van der Waals surface area contributed by atoms with Crippen molar-refractivity contribution in [3.8, 4) is 11.1 Å². The lowest BCUT2D eigenvalue weighted by molar-refractivity contribution is 0.513. The quantitative estimate of drug-likeness (QED) is 0.121. The van der Waals surface area contributed by atoms with Crippen molar-refractivity contribution in [3.63, 3.8) is 0 Å². The monoisotopic (exact) mass is 683 g/mol. The van der Waals surface area contributed by atoms with E-state index in [1.807, 2.05) is 20.9 Å². The molecule has 4 aliphatic rings. The average Bonchev–Trinajstić information content (AvgIpc) is 3.47. The third-order valence-electron chi connectivity index (χ3n) is 11.1. The SMILES string of the molecule is CC.CNC(NC(=NCC1C=CC=CC1C)c1ccccc1)c1ccc2c(c1)C1(C3=CC=CCC=C3c3ccccc31)c1cccc(C(C)(C)C)c1-2. The van der Waals surface area contributed by atoms with Crippen LogP contribution in [0.3, 0.4) is 0 Å². The Morgan fingerprint density at radius 1 is 0.827 bits per heavy atom. The summed E-state index contributed by atoms with van der Waals surface area (Å²) in [5.41, 5.74) is 14.2. The van der Waals surface area contributed by atoms with E-state index >= 15 is 0 Å². The fraction of sp³-hybridized carbons (Fsp3) is 0.286. The van der Waals surface area contributed by atoms with Gasteiger partial charge in [-0.2, -0.15) is 0 Å². The molecule has 0 heterocycles. The maximum absolute atomic E-state index is 5.25. The van der Waals surface area contributed by atoms with Crippen molar-refractivity contribution >= 4 is 11.4 Å². The highest BCUT2D eigenvalue weighted by Gasteiger charge is 2.54. The Balaban J connectivity index is 0.00000207. The Bertz CT molecular complexity index is 2130. The Morgan fingerprint density at radius 2 is 1.58 bits per heavy atom. The van der Waals surface area contributed by atoms with E-state index in [1.54, 1.807) is 0 Å². The summed E-state index contributed by atoms with van der Waals surface area (Å²) in [6.07, 6.45) is 19.0. The summed E-state index contributed by atoms with van der Waals surface area (Å²) >= 11 is 0. The molecule has 0 bridgehead atoms. The normalized spacial score (nSPS) is 21.6. The predicted octanol–water partition coefficient (Wildman–Crippen LogP) is 11.2. The van der Waals surface area contributed by atoms with Gasteiger partial charge in [0.15, 0.2) is 0 Å². The first-order chi connectivity index (χ1) is 25.3. The smallest absolute Gasteiger partial charge is 0.129 e. The minimum atomic E-state index is -0.412. The van der Waals surface area contributed by atoms with Crippen molar-refractivity contribution in [1.82, 2.24) is 10.6 Å². The molecule has 0 radical (unpaired) electrons. The molecule has 0 fully saturated rings. The van der Waals surface area contributed by atoms with Crippen LogP contribution in [0.4, 0.5) is 0 Å². The molecule has 4 unspecified atom stereocenters. The van der Waals surface area contributed by atoms with Crippen LogP contribution >= 0.6 is 0 Å². The molecule has 0 saturated heterocycles. The molecule has 52 heavy (non-hydrogen) atoms. The van der Waals surface area contributed by atoms with Crippen LogP contribution in [-0.4, -0.2) is 19.4 Å². The molecule has 0 aliphatic heterocycles. The van der Waals surface area contributed by atoms with Crippen LogP contribution in [0.5, 0.6) is 0 Å². The van der Waals surface area contributed by atoms with Gasteiger partial charge >= 0.3 is 0 Å². The van der Waals surface area contributed by atoms with Crippen LogP contribution in [0.1, 0.15) is 93.1 Å². The van der Waals surface area contributed by atoms with Crippen LogP contribution in [-0.2, 0) is 10.8 Å². The van der Waals surface area contributed by atoms with Crippen LogP contribution in [0, 0.1) is 11.8 Å². The van der Waals surface area contributed by atoms with Gasteiger partial charge in [0, 0.05) is 18.0 Å². The molecule has 0 saturated carbocycles. The summed E-state index contributed by atoms with van der Waals surface area (Å²) in [5.74, 6) is 1.73. The van der Waals surface area contributed by atoms with Gasteiger partial charge in [0.25, 0.3) is 0 Å². The van der Waals surface area contributed by atoms with Crippen LogP contribution in [0.15, 0.2) is 150 Å². The number of nitrogens with one attached hydrogen (secondary N) is 2. The number of rotatable bonds is 6. The van der Waals surface area contributed by atoms with E-state index in [0.717, 1.165) is 24.4 Å². The molecule has 264 valence electrons. The molecule has 4 atom stereocenters. The number of allylic oxidation sites excluding steroid dienone is 9. The van der Waals surface area contributed by atoms with Gasteiger partial charge in [-0.3, -0.25) is 10.3 Å². The third-order valence-corrected chi connectivity index (χ3v) is 11.1. The number of amidine groups is 1. The molecular weight excluding hydrogens is 631 g/mol. The van der Waals surface area contributed by atoms with Gasteiger partial charge < -0.3 is 5.32 Å². The number of fused-ring (bicyclic) bond motifs is 10. The highest BCUT2D eigenvalue weighted by Crippen LogP contribution is 2.65. The van der Waals surface area contributed by atoms with Gasteiger partial charge in [-0.1, -0.05) is 181 Å². The largest absolute Gasteiger partial charge is 0.351 e. The fourth-order valence-corrected chi connectivity index (χ4v) is 8.64. The van der Waals surface area contributed by atoms with E-state index in [2.05, 4.69) is 178 Å². The van der Waals surface area contributed by atoms with E-state index in [-0.39, 0.29) is 11.6 Å². The highest BCUT2D eigenvalue weighted by molar-refractivity contribution is 6.01. The molecule has 1 spiro atoms. The summed E-state index contributed by atoms with van der Waals surface area (Å²) in [7, 11) is 2.04. The Morgan fingerprint density at radius 3 is 2.35 bits per heavy atom. The maximum atomic E-state index is 5.25. The topological polar surface area (TPSA) is 36.4 Å². The van der Waals surface area contributed by atoms with Gasteiger partial charge in [0.05, 0.1) is 5.41 Å². The van der Waals surface area contributed by atoms with Gasteiger partial charge in [0.2, 0.25) is 0 Å². The zero-order valence-electron chi connectivity index (χ0n) is 31.9. The van der Waals surface area contributed by atoms with Crippen molar-refractivity contribution in [3.05, 3.63) is 184 Å². The van der Waals surface area contributed by atoms with Gasteiger partial charge in [-0.15, -0.1) is 0 Å². The second kappa shape index (κ2) is 14.6. The van der Waals surface area contributed by atoms with E-state index in [9.17, 15) is 0 Å². The number of benzene rings is 4. The number of hydrogen-bond acceptors (Lipinski definition) is 2. The summed E-state index contributed by atoms with van der Waals surface area (Å²) in [6, 6.07) is 33.8. The summed E-state index contributed by atoms with van der Waals surface area (Å²) < 4.78 is 0. The minimum absolute atomic E-state index is 0.0156. The minimum Gasteiger partial charge on any atom is -0.351 e. The molecule has 2 N–H and O–H groups in total. The molecule has 8 rings (SSSR count). The summed E-state index contributed by atoms with van der Waals surface area (Å²) in [6.45, 7) is 14.0. The van der Waals surface area contributed by atoms with Crippen molar-refractivity contribution in [1.29, 1.82) is 0 Å². The number of hydrogen-bond donors (Lipinski definition) is 2. The molecule has 4 aromatic rings. The first kappa shape index (κ1) is 35.4. The standard InChI is InChI=1S/C47H47N3.C2H6/c1-31-17-12-13-20-34(31)30-49-45(32-18-8-6-9-19-32)50-44(48-5)33-27-28-37-42(29-33)47(41-26-16-25-40(43(37)41)46(2,3)4)38-23-11-7-10-21-35(38)36-22-14-15-24-39(36)47;1-2/h6-9,11-29,31,34,44,48H,10,30H2,1-5H3,(H,49,50);1-2H3. The lowest BCUT2D eigenvalue weighted by Gasteiger charge is -2.32. The van der Waals surface area contributed by atoms with Gasteiger partial charge in [-0.05, 0) is 80.5 Å². The molecular formula is C49H53N3. The second-order valence-electron chi connectivity index (χ2n) is 15.2. The Hall–Kier alpha value is -4.99. The van der Waals surface area contributed by atoms with E-state index < -0.39 is 5.41 Å². The fourth-order valence-electron chi connectivity index (χ4n) is 8.64. The number of aliphatic imine (C=N–C) groups is 1. The molecule has 4 aromatic carbocycles. The zero-order chi connectivity index (χ0) is 36.5. The van der Waals surface area contributed by atoms with Crippen molar-refractivity contribution in [2.75, 3.05) is 13.6 Å². The van der Waals surface area contributed by atoms with Crippen molar-refractivity contribution < 1.29 is 0 Å². The lowest BCUT2D eigenvalue weighted by Crippen LogP contribution is -2.37. The van der Waals surface area contributed by atoms with Crippen molar-refractivity contribution in [2.24, 2.45) is 16.8 Å².